The van der Waals surface area contributed by atoms with E-state index in [1.165, 1.54) is 6.08 Å². The Labute approximate surface area is 206 Å². The number of benzene rings is 2. The summed E-state index contributed by atoms with van der Waals surface area (Å²) in [6.45, 7) is 13.2. The summed E-state index contributed by atoms with van der Waals surface area (Å²) in [7, 11) is 0. The Hall–Kier alpha value is -3.99. The van der Waals surface area contributed by atoms with Crippen molar-refractivity contribution in [2.45, 2.75) is 39.3 Å². The van der Waals surface area contributed by atoms with Gasteiger partial charge in [-0.15, -0.1) is 0 Å². The number of nitrogens with zero attached hydrogens (tertiary/aromatic N) is 2. The molecule has 0 spiro atoms. The van der Waals surface area contributed by atoms with Crippen LogP contribution in [0.4, 0.5) is 0 Å². The van der Waals surface area contributed by atoms with Gasteiger partial charge in [0.05, 0.1) is 11.4 Å². The molecule has 0 unspecified atom stereocenters. The Morgan fingerprint density at radius 3 is 2.29 bits per heavy atom. The molecule has 1 saturated heterocycles. The van der Waals surface area contributed by atoms with Crippen LogP contribution in [0, 0.1) is 0 Å². The molecule has 2 aromatic carbocycles. The first-order valence-corrected chi connectivity index (χ1v) is 12.0. The molecular formula is C30H32N2O3. The predicted molar refractivity (Wildman–Crippen MR) is 141 cm³/mol. The lowest BCUT2D eigenvalue weighted by atomic mass is 10.0. The van der Waals surface area contributed by atoms with Crippen LogP contribution in [0.15, 0.2) is 92.2 Å². The SMILES string of the molecule is C=CC(=O)N1CC[C@H]1Cn1ccc(=C(\C)C=C)/c1=C(\CC)Oc1ccc(Oc2ccccc2)cc1. The molecule has 0 aliphatic carbocycles. The minimum atomic E-state index is -0.0160. The van der Waals surface area contributed by atoms with Crippen molar-refractivity contribution in [1.82, 2.24) is 9.47 Å². The van der Waals surface area contributed by atoms with E-state index in [0.717, 1.165) is 52.1 Å². The molecule has 1 amide bonds. The largest absolute Gasteiger partial charge is 0.460 e. The predicted octanol–water partition coefficient (Wildman–Crippen LogP) is 5.02. The van der Waals surface area contributed by atoms with Crippen molar-refractivity contribution < 1.29 is 14.3 Å². The van der Waals surface area contributed by atoms with Gasteiger partial charge in [-0.2, -0.15) is 0 Å². The van der Waals surface area contributed by atoms with Gasteiger partial charge in [-0.1, -0.05) is 44.4 Å². The van der Waals surface area contributed by atoms with E-state index in [1.807, 2.05) is 65.6 Å². The van der Waals surface area contributed by atoms with Crippen LogP contribution in [0.3, 0.4) is 0 Å². The topological polar surface area (TPSA) is 43.7 Å². The summed E-state index contributed by atoms with van der Waals surface area (Å²) in [6.07, 6.45) is 7.01. The van der Waals surface area contributed by atoms with E-state index in [9.17, 15) is 4.79 Å². The normalized spacial score (nSPS) is 16.6. The number of likely N-dealkylation sites (tertiary alicyclic amines) is 1. The van der Waals surface area contributed by atoms with E-state index < -0.39 is 0 Å². The number of para-hydroxylation sites is 1. The van der Waals surface area contributed by atoms with Gasteiger partial charge in [-0.25, -0.2) is 0 Å². The van der Waals surface area contributed by atoms with Gasteiger partial charge in [-0.05, 0) is 67.5 Å². The average molecular weight is 469 g/mol. The fourth-order valence-corrected chi connectivity index (χ4v) is 4.26. The monoisotopic (exact) mass is 468 g/mol. The van der Waals surface area contributed by atoms with Gasteiger partial charge < -0.3 is 18.9 Å². The smallest absolute Gasteiger partial charge is 0.246 e. The van der Waals surface area contributed by atoms with Gasteiger partial charge in [0.1, 0.15) is 23.0 Å². The molecule has 0 bridgehead atoms. The van der Waals surface area contributed by atoms with Crippen molar-refractivity contribution in [3.8, 4) is 17.2 Å². The zero-order chi connectivity index (χ0) is 24.8. The van der Waals surface area contributed by atoms with Crippen LogP contribution in [0.5, 0.6) is 17.2 Å². The summed E-state index contributed by atoms with van der Waals surface area (Å²) in [5, 5.41) is 2.11. The highest BCUT2D eigenvalue weighted by atomic mass is 16.5. The van der Waals surface area contributed by atoms with Crippen molar-refractivity contribution in [2.75, 3.05) is 6.54 Å². The second kappa shape index (κ2) is 11.0. The molecule has 0 radical (unpaired) electrons. The van der Waals surface area contributed by atoms with Gasteiger partial charge in [0.2, 0.25) is 5.91 Å². The van der Waals surface area contributed by atoms with E-state index in [4.69, 9.17) is 9.47 Å². The van der Waals surface area contributed by atoms with E-state index in [2.05, 4.69) is 43.8 Å². The molecule has 35 heavy (non-hydrogen) atoms. The number of carbonyl (C=O) groups excluding carboxylic acids is 1. The van der Waals surface area contributed by atoms with E-state index >= 15 is 0 Å². The Kier molecular flexibility index (Phi) is 7.56. The number of hydrogen-bond donors (Lipinski definition) is 0. The molecule has 5 heteroatoms. The highest BCUT2D eigenvalue weighted by Gasteiger charge is 2.31. The Morgan fingerprint density at radius 1 is 1.00 bits per heavy atom. The van der Waals surface area contributed by atoms with Crippen LogP contribution in [-0.4, -0.2) is 28.0 Å². The molecule has 1 atom stereocenters. The van der Waals surface area contributed by atoms with Gasteiger partial charge in [0.25, 0.3) is 0 Å². The van der Waals surface area contributed by atoms with Crippen LogP contribution in [0.1, 0.15) is 26.7 Å². The minimum absolute atomic E-state index is 0.0160. The number of allylic oxidation sites excluding steroid dienone is 1. The molecule has 1 aliphatic rings. The van der Waals surface area contributed by atoms with Crippen LogP contribution in [-0.2, 0) is 11.3 Å². The summed E-state index contributed by atoms with van der Waals surface area (Å²) in [6, 6.07) is 19.6. The molecule has 3 aromatic rings. The van der Waals surface area contributed by atoms with Crippen molar-refractivity contribution in [1.29, 1.82) is 0 Å². The number of aromatic nitrogens is 1. The lowest BCUT2D eigenvalue weighted by Gasteiger charge is -2.40. The number of hydrogen-bond acceptors (Lipinski definition) is 3. The lowest BCUT2D eigenvalue weighted by molar-refractivity contribution is -0.133. The summed E-state index contributed by atoms with van der Waals surface area (Å²) < 4.78 is 14.5. The summed E-state index contributed by atoms with van der Waals surface area (Å²) >= 11 is 0. The number of rotatable bonds is 9. The molecule has 1 aromatic heterocycles. The van der Waals surface area contributed by atoms with Crippen LogP contribution in [0.2, 0.25) is 0 Å². The maximum Gasteiger partial charge on any atom is 0.246 e. The Bertz CT molecular complexity index is 1320. The maximum absolute atomic E-state index is 12.2. The van der Waals surface area contributed by atoms with Gasteiger partial charge in [0.15, 0.2) is 0 Å². The van der Waals surface area contributed by atoms with Crippen LogP contribution in [0.25, 0.3) is 11.3 Å². The van der Waals surface area contributed by atoms with Crippen LogP contribution >= 0.6 is 0 Å². The first kappa shape index (κ1) is 24.1. The summed E-state index contributed by atoms with van der Waals surface area (Å²) in [5.41, 5.74) is 1.08. The molecule has 5 nitrogen and oxygen atoms in total. The van der Waals surface area contributed by atoms with Gasteiger partial charge in [-0.3, -0.25) is 4.79 Å². The molecule has 4 rings (SSSR count). The van der Waals surface area contributed by atoms with E-state index in [0.29, 0.717) is 13.0 Å². The number of amides is 1. The third-order valence-corrected chi connectivity index (χ3v) is 6.33. The van der Waals surface area contributed by atoms with Crippen molar-refractivity contribution in [3.63, 3.8) is 0 Å². The number of carbonyl (C=O) groups is 1. The molecule has 0 N–H and O–H groups in total. The molecule has 1 aliphatic heterocycles. The van der Waals surface area contributed by atoms with Crippen molar-refractivity contribution >= 4 is 17.2 Å². The van der Waals surface area contributed by atoms with E-state index in [1.54, 1.807) is 0 Å². The first-order valence-electron chi connectivity index (χ1n) is 12.0. The Balaban J connectivity index is 1.65. The van der Waals surface area contributed by atoms with Gasteiger partial charge >= 0.3 is 0 Å². The fraction of sp³-hybridized carbons (Fsp3) is 0.233. The quantitative estimate of drug-likeness (QED) is 0.414. The maximum atomic E-state index is 12.2. The third kappa shape index (κ3) is 5.40. The van der Waals surface area contributed by atoms with Gasteiger partial charge in [0, 0.05) is 30.9 Å². The standard InChI is InChI=1S/C30H32N2O3/c1-5-22(4)27-18-19-31(21-23-17-20-32(23)29(33)7-3)30(27)28(6-2)35-26-15-13-25(14-16-26)34-24-11-9-8-10-12-24/h5,7-16,18-19,23H,1,3,6,17,20-21H2,2,4H3/b27-22-,30-28-/t23-/m0/s1. The highest BCUT2D eigenvalue weighted by Crippen LogP contribution is 2.25. The molecule has 0 saturated carbocycles. The zero-order valence-corrected chi connectivity index (χ0v) is 20.4. The van der Waals surface area contributed by atoms with Crippen molar-refractivity contribution in [3.05, 3.63) is 103 Å². The molecule has 180 valence electrons. The highest BCUT2D eigenvalue weighted by molar-refractivity contribution is 5.87. The average Bonchev–Trinajstić information content (AvgIpc) is 3.29. The van der Waals surface area contributed by atoms with E-state index in [-0.39, 0.29) is 11.9 Å². The lowest BCUT2D eigenvalue weighted by Crippen LogP contribution is -2.53. The number of ether oxygens (including phenoxy) is 2. The fourth-order valence-electron chi connectivity index (χ4n) is 4.26. The van der Waals surface area contributed by atoms with Crippen LogP contribution < -0.4 is 20.0 Å². The molecule has 1 fully saturated rings. The summed E-state index contributed by atoms with van der Waals surface area (Å²) in [4.78, 5) is 14.0. The minimum Gasteiger partial charge on any atom is -0.460 e. The second-order valence-corrected chi connectivity index (χ2v) is 8.56. The zero-order valence-electron chi connectivity index (χ0n) is 20.4. The second-order valence-electron chi connectivity index (χ2n) is 8.56. The molecular weight excluding hydrogens is 436 g/mol. The van der Waals surface area contributed by atoms with Crippen molar-refractivity contribution in [2.24, 2.45) is 0 Å². The Morgan fingerprint density at radius 2 is 1.69 bits per heavy atom. The third-order valence-electron chi connectivity index (χ3n) is 6.33. The summed E-state index contributed by atoms with van der Waals surface area (Å²) in [5.74, 6) is 3.13. The molecule has 2 heterocycles. The first-order chi connectivity index (χ1) is 17.0.